The molecule has 2 heterocycles. The zero-order chi connectivity index (χ0) is 31.3. The lowest BCUT2D eigenvalue weighted by atomic mass is 10.1. The smallest absolute Gasteiger partial charge is 0.263 e. The molecule has 0 saturated heterocycles. The number of carbonyl (C=O) groups is 8. The highest BCUT2D eigenvalue weighted by Crippen LogP contribution is 2.24. The summed E-state index contributed by atoms with van der Waals surface area (Å²) in [7, 11) is 0. The second kappa shape index (κ2) is 12.5. The minimum absolute atomic E-state index is 0.111. The largest absolute Gasteiger partial charge is 0.338 e. The van der Waals surface area contributed by atoms with Gasteiger partial charge in [0.25, 0.3) is 23.6 Å². The van der Waals surface area contributed by atoms with Crippen LogP contribution in [0.5, 0.6) is 0 Å². The summed E-state index contributed by atoms with van der Waals surface area (Å²) < 4.78 is 0. The fraction of sp³-hybridized carbons (Fsp3) is 0.172. The lowest BCUT2D eigenvalue weighted by Gasteiger charge is -2.15. The van der Waals surface area contributed by atoms with E-state index in [0.29, 0.717) is 11.1 Å². The highest BCUT2D eigenvalue weighted by molar-refractivity contribution is 6.22. The zero-order valence-electron chi connectivity index (χ0n) is 22.3. The Morgan fingerprint density at radius 2 is 0.907 bits per heavy atom. The molecule has 4 rings (SSSR count). The van der Waals surface area contributed by atoms with Gasteiger partial charge in [0.15, 0.2) is 0 Å². The van der Waals surface area contributed by atoms with E-state index >= 15 is 0 Å². The van der Waals surface area contributed by atoms with Gasteiger partial charge in [-0.25, -0.2) is 0 Å². The molecule has 0 aromatic heterocycles. The lowest BCUT2D eigenvalue weighted by Crippen LogP contribution is -2.44. The number of rotatable bonds is 10. The lowest BCUT2D eigenvalue weighted by molar-refractivity contribution is -0.129. The van der Waals surface area contributed by atoms with E-state index in [1.54, 1.807) is 0 Å². The van der Waals surface area contributed by atoms with Crippen molar-refractivity contribution in [1.82, 2.24) is 31.1 Å². The molecule has 0 radical (unpaired) electrons. The van der Waals surface area contributed by atoms with Crippen molar-refractivity contribution in [2.24, 2.45) is 0 Å². The summed E-state index contributed by atoms with van der Waals surface area (Å²) in [5.41, 5.74) is 1.33. The summed E-state index contributed by atoms with van der Waals surface area (Å²) in [5.74, 6) is -0.976. The van der Waals surface area contributed by atoms with Crippen molar-refractivity contribution in [3.8, 4) is 24.7 Å². The Kier molecular flexibility index (Phi) is 8.62. The zero-order valence-corrected chi connectivity index (χ0v) is 22.3. The highest BCUT2D eigenvalue weighted by atomic mass is 16.2. The van der Waals surface area contributed by atoms with Gasteiger partial charge in [0.2, 0.25) is 23.6 Å². The average Bonchev–Trinajstić information content (AvgIpc) is 3.37. The first-order valence-electron chi connectivity index (χ1n) is 12.5. The van der Waals surface area contributed by atoms with Crippen molar-refractivity contribution >= 4 is 47.3 Å². The molecular weight excluding hydrogens is 560 g/mol. The monoisotopic (exact) mass is 582 g/mol. The number of hydrogen-bond donors (Lipinski definition) is 4. The standard InChI is InChI=1S/C29H22N6O8/c1-3-16-5-7-18-20(9-16)28(42)34(26(18)40)14-32-24(38)11-22(36)30-13-31-23(37)12-25(39)33-15-35-27(41)19-8-6-17(4-2)10-21(19)29(35)43/h1-2,5-10H,11-15H2,(H,30,36)(H,31,37)(H,32,38)(H,33,39). The first kappa shape index (κ1) is 29.7. The molecule has 8 amide bonds. The quantitative estimate of drug-likeness (QED) is 0.114. The number of amides is 8. The van der Waals surface area contributed by atoms with Crippen LogP contribution in [0.25, 0.3) is 0 Å². The predicted molar refractivity (Wildman–Crippen MR) is 146 cm³/mol. The maximum absolute atomic E-state index is 12.5. The molecule has 2 aliphatic heterocycles. The van der Waals surface area contributed by atoms with Crippen molar-refractivity contribution in [2.75, 3.05) is 20.0 Å². The van der Waals surface area contributed by atoms with Crippen molar-refractivity contribution in [3.63, 3.8) is 0 Å². The topological polar surface area (TPSA) is 191 Å². The van der Waals surface area contributed by atoms with Crippen LogP contribution >= 0.6 is 0 Å². The van der Waals surface area contributed by atoms with E-state index in [2.05, 4.69) is 33.1 Å². The second-order valence-corrected chi connectivity index (χ2v) is 9.13. The molecule has 0 spiro atoms. The van der Waals surface area contributed by atoms with Gasteiger partial charge in [-0.15, -0.1) is 12.8 Å². The van der Waals surface area contributed by atoms with E-state index in [0.717, 1.165) is 9.80 Å². The molecule has 0 saturated carbocycles. The number of terminal acetylenes is 2. The molecular formula is C29H22N6O8. The SMILES string of the molecule is C#Cc1ccc2c(c1)C(=O)N(CNC(=O)CC(=O)NCNC(=O)CC(=O)NCN1C(=O)c3ccc(C#C)cc3C1=O)C2=O. The van der Waals surface area contributed by atoms with Crippen LogP contribution in [0, 0.1) is 24.7 Å². The van der Waals surface area contributed by atoms with E-state index < -0.39 is 80.1 Å². The van der Waals surface area contributed by atoms with Crippen LogP contribution in [0.1, 0.15) is 65.4 Å². The number of fused-ring (bicyclic) bond motifs is 2. The Hall–Kier alpha value is -6.28. The molecule has 0 unspecified atom stereocenters. The van der Waals surface area contributed by atoms with Crippen molar-refractivity contribution < 1.29 is 38.4 Å². The molecule has 4 N–H and O–H groups in total. The first-order chi connectivity index (χ1) is 20.5. The van der Waals surface area contributed by atoms with E-state index in [4.69, 9.17) is 12.8 Å². The van der Waals surface area contributed by atoms with Gasteiger partial charge in [0.05, 0.1) is 28.9 Å². The third-order valence-corrected chi connectivity index (χ3v) is 6.36. The minimum atomic E-state index is -0.798. The van der Waals surface area contributed by atoms with Gasteiger partial charge in [-0.1, -0.05) is 11.8 Å². The molecule has 14 heteroatoms. The van der Waals surface area contributed by atoms with Crippen LogP contribution in [0.3, 0.4) is 0 Å². The van der Waals surface area contributed by atoms with Crippen LogP contribution in [-0.2, 0) is 19.2 Å². The summed E-state index contributed by atoms with van der Waals surface area (Å²) in [6, 6.07) is 8.65. The third kappa shape index (κ3) is 6.39. The number of nitrogens with one attached hydrogen (secondary N) is 4. The summed E-state index contributed by atoms with van der Waals surface area (Å²) in [6.45, 7) is -1.35. The number of imide groups is 2. The third-order valence-electron chi connectivity index (χ3n) is 6.36. The van der Waals surface area contributed by atoms with Gasteiger partial charge in [-0.2, -0.15) is 0 Å². The van der Waals surface area contributed by atoms with Crippen LogP contribution in [-0.4, -0.2) is 77.1 Å². The minimum Gasteiger partial charge on any atom is -0.338 e. The Labute approximate surface area is 244 Å². The molecule has 2 aromatic carbocycles. The fourth-order valence-electron chi connectivity index (χ4n) is 4.17. The normalized spacial score (nSPS) is 13.1. The number of nitrogens with zero attached hydrogens (tertiary/aromatic N) is 2. The maximum Gasteiger partial charge on any atom is 0.263 e. The summed E-state index contributed by atoms with van der Waals surface area (Å²) in [5, 5.41) is 9.12. The van der Waals surface area contributed by atoms with Gasteiger partial charge in [-0.05, 0) is 36.4 Å². The molecule has 0 atom stereocenters. The van der Waals surface area contributed by atoms with Crippen molar-refractivity contribution in [3.05, 3.63) is 69.8 Å². The molecule has 216 valence electrons. The second-order valence-electron chi connectivity index (χ2n) is 9.13. The summed E-state index contributed by atoms with van der Waals surface area (Å²) in [6.07, 6.45) is 9.28. The van der Waals surface area contributed by atoms with Crippen LogP contribution in [0.15, 0.2) is 36.4 Å². The van der Waals surface area contributed by atoms with Crippen molar-refractivity contribution in [2.45, 2.75) is 12.8 Å². The van der Waals surface area contributed by atoms with Gasteiger partial charge >= 0.3 is 0 Å². The highest BCUT2D eigenvalue weighted by Gasteiger charge is 2.36. The predicted octanol–water partition coefficient (Wildman–Crippen LogP) is -1.34. The van der Waals surface area contributed by atoms with E-state index in [-0.39, 0.29) is 22.3 Å². The summed E-state index contributed by atoms with van der Waals surface area (Å²) >= 11 is 0. The van der Waals surface area contributed by atoms with E-state index in [9.17, 15) is 38.4 Å². The van der Waals surface area contributed by atoms with Crippen LogP contribution < -0.4 is 21.3 Å². The number of hydrogen-bond acceptors (Lipinski definition) is 8. The Balaban J connectivity index is 1.13. The van der Waals surface area contributed by atoms with Gasteiger partial charge in [-0.3, -0.25) is 48.2 Å². The van der Waals surface area contributed by atoms with Gasteiger partial charge < -0.3 is 21.3 Å². The maximum atomic E-state index is 12.5. The molecule has 2 aliphatic rings. The van der Waals surface area contributed by atoms with Crippen LogP contribution in [0.4, 0.5) is 0 Å². The molecule has 43 heavy (non-hydrogen) atoms. The number of benzene rings is 2. The molecule has 0 aliphatic carbocycles. The Morgan fingerprint density at radius 1 is 0.558 bits per heavy atom. The van der Waals surface area contributed by atoms with E-state index in [1.807, 2.05) is 0 Å². The molecule has 14 nitrogen and oxygen atoms in total. The van der Waals surface area contributed by atoms with Crippen LogP contribution in [0.2, 0.25) is 0 Å². The molecule has 0 fully saturated rings. The average molecular weight is 583 g/mol. The Bertz CT molecular complexity index is 1580. The molecule has 2 aromatic rings. The molecule has 0 bridgehead atoms. The van der Waals surface area contributed by atoms with Gasteiger partial charge in [0, 0.05) is 11.1 Å². The van der Waals surface area contributed by atoms with Gasteiger partial charge in [0.1, 0.15) is 26.2 Å². The Morgan fingerprint density at radius 3 is 1.28 bits per heavy atom. The fourth-order valence-corrected chi connectivity index (χ4v) is 4.17. The van der Waals surface area contributed by atoms with E-state index in [1.165, 1.54) is 36.4 Å². The summed E-state index contributed by atoms with van der Waals surface area (Å²) in [4.78, 5) is 99.8. The first-order valence-corrected chi connectivity index (χ1v) is 12.5. The number of carbonyl (C=O) groups excluding carboxylic acids is 8. The van der Waals surface area contributed by atoms with Crippen molar-refractivity contribution in [1.29, 1.82) is 0 Å².